The number of alkyl halides is 3. The second-order valence-electron chi connectivity index (χ2n) is 16.2. The van der Waals surface area contributed by atoms with Crippen LogP contribution in [0.1, 0.15) is 52.4 Å². The number of quaternary nitrogens is 1. The van der Waals surface area contributed by atoms with Crippen molar-refractivity contribution in [1.82, 2.24) is 39.4 Å². The molecule has 4 aromatic rings. The third-order valence-corrected chi connectivity index (χ3v) is 12.3. The first kappa shape index (κ1) is 41.2. The largest absolute Gasteiger partial charge is 0.544 e. The van der Waals surface area contributed by atoms with E-state index in [0.29, 0.717) is 68.6 Å². The predicted octanol–water partition coefficient (Wildman–Crippen LogP) is 2.65. The van der Waals surface area contributed by atoms with E-state index in [0.717, 1.165) is 49.0 Å². The molecule has 0 atom stereocenters. The van der Waals surface area contributed by atoms with Crippen molar-refractivity contribution in [2.24, 2.45) is 18.9 Å². The molecule has 3 amide bonds. The monoisotopic (exact) mass is 851 g/mol. The molecule has 3 saturated heterocycles. The first-order valence-electron chi connectivity index (χ1n) is 20.0. The van der Waals surface area contributed by atoms with E-state index in [2.05, 4.69) is 31.0 Å². The van der Waals surface area contributed by atoms with Crippen LogP contribution in [-0.2, 0) is 22.8 Å². The lowest BCUT2D eigenvalue weighted by atomic mass is 9.90. The fraction of sp³-hybridized carbons (Fsp3) is 0.475. The molecule has 3 N–H and O–H groups in total. The van der Waals surface area contributed by atoms with Gasteiger partial charge >= 0.3 is 6.18 Å². The number of piperazine rings is 1. The van der Waals surface area contributed by atoms with E-state index >= 15 is 0 Å². The van der Waals surface area contributed by atoms with Crippen molar-refractivity contribution in [3.63, 3.8) is 0 Å². The van der Waals surface area contributed by atoms with Crippen LogP contribution in [-0.4, -0.2) is 134 Å². The summed E-state index contributed by atoms with van der Waals surface area (Å²) in [4.78, 5) is 63.8. The summed E-state index contributed by atoms with van der Waals surface area (Å²) >= 11 is 6.56. The number of anilines is 2. The number of carbonyl (C=O) groups excluding carboxylic acids is 4. The number of rotatable bonds is 12. The minimum Gasteiger partial charge on any atom is -0.544 e. The fourth-order valence-corrected chi connectivity index (χ4v) is 8.67. The Morgan fingerprint density at radius 3 is 2.25 bits per heavy atom. The van der Waals surface area contributed by atoms with Crippen molar-refractivity contribution in [3.8, 4) is 17.1 Å². The van der Waals surface area contributed by atoms with Crippen LogP contribution in [0.5, 0.6) is 0 Å². The highest BCUT2D eigenvalue weighted by molar-refractivity contribution is 6.34. The number of pyridine rings is 1. The van der Waals surface area contributed by atoms with E-state index < -0.39 is 23.7 Å². The number of imidazole rings is 1. The Morgan fingerprint density at radius 1 is 0.950 bits per heavy atom. The maximum atomic E-state index is 14.2. The number of benzene rings is 1. The standard InChI is InChI=1S/C40H45ClF3N11O5/c1-51-32(30-21-54(50-35(30)40(42,43)44)33-7-5-28(19-46-33)48-26-2-3-26)20-47-36(51)37(58)49-27-4-6-29(31(41)16-27)39(60)53-12-10-52(11-13-53)38(59)25-8-14-55(15-9-25,23-34(56)57)22-24-17-45-18-24/h4-7,16,19-21,24-26,45,48H,2-3,8-15,17-18,22-23H2,1H3,(H-,49,56,57,58,60). The molecule has 60 heavy (non-hydrogen) atoms. The van der Waals surface area contributed by atoms with Crippen molar-refractivity contribution in [2.75, 3.05) is 76.1 Å². The van der Waals surface area contributed by atoms with Gasteiger partial charge in [-0.2, -0.15) is 18.3 Å². The lowest BCUT2D eigenvalue weighted by molar-refractivity contribution is -0.931. The van der Waals surface area contributed by atoms with Gasteiger partial charge in [0.1, 0.15) is 6.54 Å². The first-order valence-corrected chi connectivity index (χ1v) is 20.4. The molecular weight excluding hydrogens is 807 g/mol. The van der Waals surface area contributed by atoms with Crippen LogP contribution in [0.15, 0.2) is 48.9 Å². The summed E-state index contributed by atoms with van der Waals surface area (Å²) in [7, 11) is 1.42. The molecule has 4 fully saturated rings. The van der Waals surface area contributed by atoms with Gasteiger partial charge < -0.3 is 44.7 Å². The van der Waals surface area contributed by atoms with Crippen molar-refractivity contribution < 1.29 is 41.9 Å². The number of carboxylic acid groups (broad SMARTS) is 1. The first-order chi connectivity index (χ1) is 28.7. The Labute approximate surface area is 348 Å². The Hall–Kier alpha value is -5.53. The van der Waals surface area contributed by atoms with Crippen LogP contribution >= 0.6 is 11.6 Å². The molecule has 4 aliphatic rings. The SMILES string of the molecule is Cn1c(-c2cn(-c3ccc(NC4CC4)cn3)nc2C(F)(F)F)cnc1C(=O)Nc1ccc(C(=O)N2CCN(C(=O)C3CC[N+](CC(=O)[O-])(CC4CNC4)CC3)CC2)c(Cl)c1. The zero-order chi connectivity index (χ0) is 42.3. The number of nitrogens with one attached hydrogen (secondary N) is 3. The zero-order valence-corrected chi connectivity index (χ0v) is 33.6. The van der Waals surface area contributed by atoms with Crippen molar-refractivity contribution in [1.29, 1.82) is 0 Å². The van der Waals surface area contributed by atoms with Gasteiger partial charge in [-0.3, -0.25) is 14.4 Å². The van der Waals surface area contributed by atoms with Gasteiger partial charge in [0.2, 0.25) is 5.91 Å². The number of halogens is 4. The highest BCUT2D eigenvalue weighted by Crippen LogP contribution is 2.37. The molecule has 1 aromatic carbocycles. The molecule has 16 nitrogen and oxygen atoms in total. The topological polar surface area (TPSA) is 182 Å². The number of carboxylic acids is 1. The van der Waals surface area contributed by atoms with Gasteiger partial charge in [0.25, 0.3) is 11.8 Å². The van der Waals surface area contributed by atoms with Crippen molar-refractivity contribution in [3.05, 3.63) is 71.0 Å². The van der Waals surface area contributed by atoms with Crippen molar-refractivity contribution >= 4 is 46.7 Å². The summed E-state index contributed by atoms with van der Waals surface area (Å²) in [5.74, 6) is -1.89. The number of hydrogen-bond donors (Lipinski definition) is 3. The van der Waals surface area contributed by atoms with E-state index in [1.54, 1.807) is 21.9 Å². The van der Waals surface area contributed by atoms with Crippen LogP contribution in [0.25, 0.3) is 17.1 Å². The maximum absolute atomic E-state index is 14.2. The molecule has 1 aliphatic carbocycles. The van der Waals surface area contributed by atoms with E-state index in [4.69, 9.17) is 11.6 Å². The summed E-state index contributed by atoms with van der Waals surface area (Å²) in [6, 6.07) is 8.05. The Morgan fingerprint density at radius 2 is 1.65 bits per heavy atom. The molecule has 0 bridgehead atoms. The van der Waals surface area contributed by atoms with Gasteiger partial charge in [0, 0.05) is 88.9 Å². The Balaban J connectivity index is 0.872. The summed E-state index contributed by atoms with van der Waals surface area (Å²) < 4.78 is 45.4. The molecular formula is C40H45ClF3N11O5. The fourth-order valence-electron chi connectivity index (χ4n) is 8.41. The number of hydrogen-bond acceptors (Lipinski definition) is 10. The molecule has 1 saturated carbocycles. The molecule has 0 spiro atoms. The molecule has 3 aromatic heterocycles. The van der Waals surface area contributed by atoms with Crippen LogP contribution in [0, 0.1) is 11.8 Å². The number of aliphatic carboxylic acids is 1. The highest BCUT2D eigenvalue weighted by atomic mass is 35.5. The van der Waals surface area contributed by atoms with E-state index in [1.807, 2.05) is 0 Å². The minimum atomic E-state index is -4.82. The summed E-state index contributed by atoms with van der Waals surface area (Å²) in [5, 5.41) is 24.6. The summed E-state index contributed by atoms with van der Waals surface area (Å²) in [6.07, 6.45) is 2.39. The number of nitrogens with zero attached hydrogens (tertiary/aromatic N) is 8. The maximum Gasteiger partial charge on any atom is 0.435 e. The predicted molar refractivity (Wildman–Crippen MR) is 211 cm³/mol. The smallest absolute Gasteiger partial charge is 0.435 e. The molecule has 20 heteroatoms. The van der Waals surface area contributed by atoms with Gasteiger partial charge in [-0.1, -0.05) is 11.6 Å². The number of aromatic nitrogens is 5. The van der Waals surface area contributed by atoms with Crippen LogP contribution in [0.4, 0.5) is 24.5 Å². The summed E-state index contributed by atoms with van der Waals surface area (Å²) in [5.41, 5.74) is -0.276. The highest BCUT2D eigenvalue weighted by Gasteiger charge is 2.42. The zero-order valence-electron chi connectivity index (χ0n) is 32.9. The van der Waals surface area contributed by atoms with Crippen LogP contribution in [0.2, 0.25) is 5.02 Å². The van der Waals surface area contributed by atoms with Crippen LogP contribution in [0.3, 0.4) is 0 Å². The lowest BCUT2D eigenvalue weighted by Crippen LogP contribution is -2.63. The van der Waals surface area contributed by atoms with Gasteiger partial charge in [0.05, 0.1) is 65.5 Å². The second-order valence-corrected chi connectivity index (χ2v) is 16.7. The number of piperidine rings is 1. The van der Waals surface area contributed by atoms with Gasteiger partial charge in [-0.25, -0.2) is 14.6 Å². The quantitative estimate of drug-likeness (QED) is 0.179. The van der Waals surface area contributed by atoms with E-state index in [1.165, 1.54) is 42.2 Å². The number of likely N-dealkylation sites (tertiary alicyclic amines) is 1. The molecule has 318 valence electrons. The van der Waals surface area contributed by atoms with Gasteiger partial charge in [-0.15, -0.1) is 0 Å². The third kappa shape index (κ3) is 8.83. The lowest BCUT2D eigenvalue weighted by Gasteiger charge is -2.47. The molecule has 0 radical (unpaired) electrons. The molecule has 0 unspecified atom stereocenters. The minimum absolute atomic E-state index is 0.00258. The number of amides is 3. The molecule has 3 aliphatic heterocycles. The average Bonchev–Trinajstić information content (AvgIpc) is 3.75. The molecule has 8 rings (SSSR count). The second kappa shape index (κ2) is 16.5. The van der Waals surface area contributed by atoms with Crippen LogP contribution < -0.4 is 21.1 Å². The average molecular weight is 852 g/mol. The number of carbonyl (C=O) groups is 4. The van der Waals surface area contributed by atoms with Gasteiger partial charge in [-0.05, 0) is 43.2 Å². The Kier molecular flexibility index (Phi) is 11.3. The summed E-state index contributed by atoms with van der Waals surface area (Å²) in [6.45, 7) is 4.97. The molecule has 6 heterocycles. The van der Waals surface area contributed by atoms with E-state index in [-0.39, 0.29) is 63.5 Å². The van der Waals surface area contributed by atoms with Gasteiger partial charge in [0.15, 0.2) is 17.3 Å². The Bertz CT molecular complexity index is 2270. The van der Waals surface area contributed by atoms with E-state index in [9.17, 15) is 37.5 Å². The third-order valence-electron chi connectivity index (χ3n) is 11.9. The normalized spacial score (nSPS) is 21.1. The van der Waals surface area contributed by atoms with Crippen molar-refractivity contribution in [2.45, 2.75) is 37.9 Å².